The number of hydrogen-bond donors (Lipinski definition) is 0. The molecule has 10 heteroatoms. The average Bonchev–Trinajstić information content (AvgIpc) is 3.05. The Hall–Kier alpha value is -1.16. The molecule has 0 bridgehead atoms. The number of alkyl halides is 5. The Morgan fingerprint density at radius 3 is 2.38 bits per heavy atom. The number of rotatable bonds is 5. The first kappa shape index (κ1) is 21.1. The van der Waals surface area contributed by atoms with Gasteiger partial charge in [-0.15, -0.1) is 11.8 Å². The monoisotopic (exact) mass is 412 g/mol. The molecular formula is C16H17F5N2OS2. The number of aromatic nitrogens is 1. The fourth-order valence-electron chi connectivity index (χ4n) is 2.68. The smallest absolute Gasteiger partial charge is 0.281 e. The largest absolute Gasteiger partial charge is 0.434 e. The molecule has 2 rings (SSSR count). The molecule has 0 N–H and O–H groups in total. The van der Waals surface area contributed by atoms with Gasteiger partial charge in [0.15, 0.2) is 5.69 Å². The molecule has 0 saturated carbocycles. The lowest BCUT2D eigenvalue weighted by atomic mass is 9.91. The van der Waals surface area contributed by atoms with Crippen LogP contribution in [0.25, 0.3) is 0 Å². The van der Waals surface area contributed by atoms with Crippen LogP contribution in [-0.2, 0) is 12.6 Å². The van der Waals surface area contributed by atoms with E-state index in [1.807, 2.05) is 0 Å². The molecular weight excluding hydrogens is 395 g/mol. The Balaban J connectivity index is 2.95. The van der Waals surface area contributed by atoms with E-state index in [1.165, 1.54) is 6.26 Å². The van der Waals surface area contributed by atoms with Gasteiger partial charge in [-0.3, -0.25) is 9.79 Å². The molecule has 0 aromatic carbocycles. The second kappa shape index (κ2) is 8.24. The third-order valence-electron chi connectivity index (χ3n) is 3.61. The van der Waals surface area contributed by atoms with E-state index in [9.17, 15) is 26.7 Å². The summed E-state index contributed by atoms with van der Waals surface area (Å²) in [5.41, 5.74) is -3.28. The lowest BCUT2D eigenvalue weighted by Gasteiger charge is -2.22. The van der Waals surface area contributed by atoms with Gasteiger partial charge in [0.1, 0.15) is 10.7 Å². The van der Waals surface area contributed by atoms with Crippen LogP contribution in [0, 0.1) is 5.92 Å². The van der Waals surface area contributed by atoms with Crippen molar-refractivity contribution in [3.8, 4) is 0 Å². The Kier molecular flexibility index (Phi) is 6.70. The van der Waals surface area contributed by atoms with Crippen LogP contribution in [0.4, 0.5) is 22.0 Å². The quantitative estimate of drug-likeness (QED) is 0.621. The summed E-state index contributed by atoms with van der Waals surface area (Å²) < 4.78 is 67.8. The summed E-state index contributed by atoms with van der Waals surface area (Å²) in [7, 11) is 0. The third-order valence-corrected chi connectivity index (χ3v) is 5.17. The number of carbonyl (C=O) groups excluding carboxylic acids is 1. The highest BCUT2D eigenvalue weighted by Gasteiger charge is 2.42. The lowest BCUT2D eigenvalue weighted by molar-refractivity contribution is -0.141. The van der Waals surface area contributed by atoms with Crippen molar-refractivity contribution in [2.75, 3.05) is 18.6 Å². The van der Waals surface area contributed by atoms with Crippen LogP contribution in [0.2, 0.25) is 0 Å². The fraction of sp³-hybridized carbons (Fsp3) is 0.562. The standard InChI is InChI=1S/C16H17F5N2OS2/c1-7(2)6-8-9(15(24)25-3)11(13(17)18)23-12(16(19,20)21)10(8)14-22-4-5-26-14/h7,13H,4-6H2,1-3H3. The van der Waals surface area contributed by atoms with E-state index >= 15 is 0 Å². The number of nitrogens with zero attached hydrogens (tertiary/aromatic N) is 2. The first-order chi connectivity index (χ1) is 12.1. The summed E-state index contributed by atoms with van der Waals surface area (Å²) in [4.78, 5) is 19.6. The minimum Gasteiger partial charge on any atom is -0.281 e. The number of aliphatic imine (C=N–C) groups is 1. The number of thioether (sulfide) groups is 2. The van der Waals surface area contributed by atoms with E-state index in [-0.39, 0.29) is 28.5 Å². The van der Waals surface area contributed by atoms with E-state index in [0.717, 1.165) is 11.8 Å². The first-order valence-electron chi connectivity index (χ1n) is 7.75. The molecule has 2 heterocycles. The highest BCUT2D eigenvalue weighted by molar-refractivity contribution is 8.14. The minimum absolute atomic E-state index is 0.0369. The molecule has 1 aliphatic rings. The molecule has 0 fully saturated rings. The Morgan fingerprint density at radius 1 is 1.31 bits per heavy atom. The predicted octanol–water partition coefficient (Wildman–Crippen LogP) is 5.23. The normalized spacial score (nSPS) is 15.1. The summed E-state index contributed by atoms with van der Waals surface area (Å²) in [5, 5.41) is -0.613. The second-order valence-electron chi connectivity index (χ2n) is 6.00. The maximum atomic E-state index is 13.6. The zero-order valence-electron chi connectivity index (χ0n) is 14.3. The van der Waals surface area contributed by atoms with Crippen LogP contribution < -0.4 is 0 Å². The van der Waals surface area contributed by atoms with Gasteiger partial charge in [-0.1, -0.05) is 25.6 Å². The van der Waals surface area contributed by atoms with Crippen molar-refractivity contribution in [2.24, 2.45) is 10.9 Å². The number of halogens is 5. The molecule has 1 aliphatic heterocycles. The molecule has 0 saturated heterocycles. The van der Waals surface area contributed by atoms with Crippen LogP contribution >= 0.6 is 23.5 Å². The van der Waals surface area contributed by atoms with Gasteiger partial charge in [0.25, 0.3) is 6.43 Å². The Bertz CT molecular complexity index is 732. The highest BCUT2D eigenvalue weighted by Crippen LogP contribution is 2.40. The van der Waals surface area contributed by atoms with Gasteiger partial charge in [-0.05, 0) is 24.2 Å². The first-order valence-corrected chi connectivity index (χ1v) is 9.97. The molecule has 1 aromatic rings. The van der Waals surface area contributed by atoms with Crippen molar-refractivity contribution in [1.29, 1.82) is 0 Å². The fourth-order valence-corrected chi connectivity index (χ4v) is 4.03. The van der Waals surface area contributed by atoms with Gasteiger partial charge in [0, 0.05) is 17.9 Å². The maximum Gasteiger partial charge on any atom is 0.434 e. The predicted molar refractivity (Wildman–Crippen MR) is 94.4 cm³/mol. The van der Waals surface area contributed by atoms with Gasteiger partial charge < -0.3 is 0 Å². The van der Waals surface area contributed by atoms with E-state index in [2.05, 4.69) is 9.98 Å². The van der Waals surface area contributed by atoms with E-state index in [1.54, 1.807) is 13.8 Å². The van der Waals surface area contributed by atoms with Gasteiger partial charge in [0.2, 0.25) is 5.12 Å². The molecule has 0 radical (unpaired) electrons. The zero-order valence-corrected chi connectivity index (χ0v) is 15.9. The number of pyridine rings is 1. The highest BCUT2D eigenvalue weighted by atomic mass is 32.2. The number of hydrogen-bond acceptors (Lipinski definition) is 5. The van der Waals surface area contributed by atoms with E-state index in [0.29, 0.717) is 24.1 Å². The van der Waals surface area contributed by atoms with Crippen molar-refractivity contribution < 1.29 is 26.7 Å². The second-order valence-corrected chi connectivity index (χ2v) is 7.86. The molecule has 0 atom stereocenters. The Morgan fingerprint density at radius 2 is 1.96 bits per heavy atom. The van der Waals surface area contributed by atoms with Gasteiger partial charge in [-0.25, -0.2) is 13.8 Å². The van der Waals surface area contributed by atoms with Crippen molar-refractivity contribution in [3.05, 3.63) is 28.1 Å². The summed E-state index contributed by atoms with van der Waals surface area (Å²) >= 11 is 1.79. The van der Waals surface area contributed by atoms with E-state index in [4.69, 9.17) is 0 Å². The third kappa shape index (κ3) is 4.39. The van der Waals surface area contributed by atoms with Crippen LogP contribution in [-0.4, -0.2) is 33.7 Å². The Labute approximate surface area is 156 Å². The van der Waals surface area contributed by atoms with Crippen LogP contribution in [0.1, 0.15) is 53.1 Å². The van der Waals surface area contributed by atoms with Crippen molar-refractivity contribution in [1.82, 2.24) is 4.98 Å². The van der Waals surface area contributed by atoms with Crippen molar-refractivity contribution in [2.45, 2.75) is 32.9 Å². The maximum absolute atomic E-state index is 13.6. The van der Waals surface area contributed by atoms with Crippen LogP contribution in [0.3, 0.4) is 0 Å². The van der Waals surface area contributed by atoms with Crippen LogP contribution in [0.15, 0.2) is 4.99 Å². The topological polar surface area (TPSA) is 42.3 Å². The molecule has 0 amide bonds. The molecule has 0 aliphatic carbocycles. The molecule has 26 heavy (non-hydrogen) atoms. The summed E-state index contributed by atoms with van der Waals surface area (Å²) in [6.45, 7) is 3.83. The van der Waals surface area contributed by atoms with Crippen molar-refractivity contribution in [3.63, 3.8) is 0 Å². The van der Waals surface area contributed by atoms with Gasteiger partial charge in [0.05, 0.1) is 5.56 Å². The lowest BCUT2D eigenvalue weighted by Crippen LogP contribution is -2.23. The summed E-state index contributed by atoms with van der Waals surface area (Å²) in [5.74, 6) is 0.346. The van der Waals surface area contributed by atoms with Crippen LogP contribution in [0.5, 0.6) is 0 Å². The zero-order chi connectivity index (χ0) is 19.6. The molecule has 3 nitrogen and oxygen atoms in total. The SMILES string of the molecule is CSC(=O)c1c(C(F)F)nc(C(F)(F)F)c(C2=NCCS2)c1CC(C)C. The minimum atomic E-state index is -4.93. The molecule has 144 valence electrons. The number of carbonyl (C=O) groups is 1. The van der Waals surface area contributed by atoms with E-state index < -0.39 is 34.7 Å². The van der Waals surface area contributed by atoms with Crippen molar-refractivity contribution >= 4 is 33.7 Å². The van der Waals surface area contributed by atoms with Gasteiger partial charge in [-0.2, -0.15) is 13.2 Å². The summed E-state index contributed by atoms with van der Waals surface area (Å²) in [6, 6.07) is 0. The summed E-state index contributed by atoms with van der Waals surface area (Å²) in [6.07, 6.45) is -6.78. The molecule has 0 spiro atoms. The average molecular weight is 412 g/mol. The molecule has 0 unspecified atom stereocenters. The van der Waals surface area contributed by atoms with Gasteiger partial charge >= 0.3 is 6.18 Å². The molecule has 1 aromatic heterocycles.